The number of aliphatic hydroxyl groups excluding tert-OH is 1. The number of urea groups is 1. The number of aryl methyl sites for hydroxylation is 1. The first-order chi connectivity index (χ1) is 9.47. The Morgan fingerprint density at radius 3 is 2.95 bits per heavy atom. The SMILES string of the molecule is Cc1cc(CNC(=O)N2CCC(C)C(O)C2)ccc1I. The Morgan fingerprint density at radius 1 is 1.55 bits per heavy atom. The number of hydrogen-bond donors (Lipinski definition) is 2. The molecular weight excluding hydrogens is 367 g/mol. The van der Waals surface area contributed by atoms with Gasteiger partial charge < -0.3 is 15.3 Å². The van der Waals surface area contributed by atoms with E-state index in [9.17, 15) is 9.90 Å². The second-order valence-electron chi connectivity index (χ2n) is 5.52. The van der Waals surface area contributed by atoms with Crippen LogP contribution < -0.4 is 5.32 Å². The van der Waals surface area contributed by atoms with Crippen molar-refractivity contribution in [2.24, 2.45) is 5.92 Å². The predicted molar refractivity (Wildman–Crippen MR) is 87.5 cm³/mol. The van der Waals surface area contributed by atoms with Crippen molar-refractivity contribution in [3.05, 3.63) is 32.9 Å². The molecule has 110 valence electrons. The summed E-state index contributed by atoms with van der Waals surface area (Å²) < 4.78 is 1.23. The highest BCUT2D eigenvalue weighted by molar-refractivity contribution is 14.1. The number of nitrogens with zero attached hydrogens (tertiary/aromatic N) is 1. The molecule has 2 unspecified atom stereocenters. The molecule has 1 aliphatic rings. The van der Waals surface area contributed by atoms with Gasteiger partial charge in [0, 0.05) is 23.2 Å². The molecule has 0 bridgehead atoms. The fraction of sp³-hybridized carbons (Fsp3) is 0.533. The average molecular weight is 388 g/mol. The number of benzene rings is 1. The third-order valence-corrected chi connectivity index (χ3v) is 5.08. The van der Waals surface area contributed by atoms with Crippen molar-refractivity contribution in [3.63, 3.8) is 0 Å². The van der Waals surface area contributed by atoms with Crippen molar-refractivity contribution in [2.45, 2.75) is 32.9 Å². The Labute approximate surface area is 133 Å². The molecule has 2 atom stereocenters. The average Bonchev–Trinajstić information content (AvgIpc) is 2.43. The number of piperidine rings is 1. The van der Waals surface area contributed by atoms with Gasteiger partial charge in [-0.2, -0.15) is 0 Å². The standard InChI is InChI=1S/C15H21IN2O2/c1-10-5-6-18(9-14(10)19)15(20)17-8-12-3-4-13(16)11(2)7-12/h3-4,7,10,14,19H,5-6,8-9H2,1-2H3,(H,17,20). The molecule has 2 N–H and O–H groups in total. The topological polar surface area (TPSA) is 52.6 Å². The zero-order valence-electron chi connectivity index (χ0n) is 11.9. The molecule has 1 aliphatic heterocycles. The van der Waals surface area contributed by atoms with Crippen LogP contribution in [0.15, 0.2) is 18.2 Å². The van der Waals surface area contributed by atoms with Crippen LogP contribution in [0.4, 0.5) is 4.79 Å². The van der Waals surface area contributed by atoms with Gasteiger partial charge in [-0.3, -0.25) is 0 Å². The molecule has 0 saturated carbocycles. The largest absolute Gasteiger partial charge is 0.391 e. The summed E-state index contributed by atoms with van der Waals surface area (Å²) in [5.41, 5.74) is 2.32. The van der Waals surface area contributed by atoms with E-state index in [1.165, 1.54) is 9.13 Å². The van der Waals surface area contributed by atoms with E-state index in [-0.39, 0.29) is 11.9 Å². The fourth-order valence-electron chi connectivity index (χ4n) is 2.34. The monoisotopic (exact) mass is 388 g/mol. The van der Waals surface area contributed by atoms with Crippen molar-refractivity contribution < 1.29 is 9.90 Å². The summed E-state index contributed by atoms with van der Waals surface area (Å²) >= 11 is 2.30. The second-order valence-corrected chi connectivity index (χ2v) is 6.68. The summed E-state index contributed by atoms with van der Waals surface area (Å²) in [5.74, 6) is 0.276. The van der Waals surface area contributed by atoms with E-state index >= 15 is 0 Å². The van der Waals surface area contributed by atoms with Gasteiger partial charge in [0.1, 0.15) is 0 Å². The quantitative estimate of drug-likeness (QED) is 0.766. The van der Waals surface area contributed by atoms with Crippen molar-refractivity contribution in [1.82, 2.24) is 10.2 Å². The Balaban J connectivity index is 1.87. The molecule has 5 heteroatoms. The number of amides is 2. The van der Waals surface area contributed by atoms with E-state index in [2.05, 4.69) is 47.0 Å². The molecule has 1 aromatic carbocycles. The number of likely N-dealkylation sites (tertiary alicyclic amines) is 1. The summed E-state index contributed by atoms with van der Waals surface area (Å²) in [6.07, 6.45) is 0.451. The lowest BCUT2D eigenvalue weighted by molar-refractivity contribution is 0.0435. The van der Waals surface area contributed by atoms with Crippen molar-refractivity contribution in [3.8, 4) is 0 Å². The molecule has 0 spiro atoms. The van der Waals surface area contributed by atoms with E-state index < -0.39 is 6.10 Å². The lowest BCUT2D eigenvalue weighted by atomic mass is 9.96. The van der Waals surface area contributed by atoms with Crippen LogP contribution in [-0.4, -0.2) is 35.2 Å². The van der Waals surface area contributed by atoms with Crippen molar-refractivity contribution >= 4 is 28.6 Å². The molecular formula is C15H21IN2O2. The minimum absolute atomic E-state index is 0.0906. The van der Waals surface area contributed by atoms with E-state index in [1.54, 1.807) is 4.90 Å². The van der Waals surface area contributed by atoms with E-state index in [1.807, 2.05) is 13.0 Å². The minimum atomic E-state index is -0.407. The van der Waals surface area contributed by atoms with Gasteiger partial charge in [-0.15, -0.1) is 0 Å². The van der Waals surface area contributed by atoms with Crippen molar-refractivity contribution in [1.29, 1.82) is 0 Å². The van der Waals surface area contributed by atoms with Crippen LogP contribution in [-0.2, 0) is 6.54 Å². The third kappa shape index (κ3) is 3.85. The molecule has 20 heavy (non-hydrogen) atoms. The highest BCUT2D eigenvalue weighted by Crippen LogP contribution is 2.17. The molecule has 4 nitrogen and oxygen atoms in total. The summed E-state index contributed by atoms with van der Waals surface area (Å²) in [6.45, 7) is 5.76. The maximum atomic E-state index is 12.1. The number of carbonyl (C=O) groups is 1. The highest BCUT2D eigenvalue weighted by atomic mass is 127. The minimum Gasteiger partial charge on any atom is -0.391 e. The molecule has 0 radical (unpaired) electrons. The lowest BCUT2D eigenvalue weighted by Crippen LogP contribution is -2.49. The van der Waals surface area contributed by atoms with E-state index in [0.29, 0.717) is 13.1 Å². The first-order valence-electron chi connectivity index (χ1n) is 6.93. The molecule has 1 saturated heterocycles. The molecule has 2 amide bonds. The van der Waals surface area contributed by atoms with Crippen LogP contribution in [0.1, 0.15) is 24.5 Å². The van der Waals surface area contributed by atoms with Gasteiger partial charge in [0.05, 0.1) is 6.10 Å². The number of halogens is 1. The Hall–Kier alpha value is -0.820. The number of aliphatic hydroxyl groups is 1. The number of nitrogens with one attached hydrogen (secondary N) is 1. The molecule has 2 rings (SSSR count). The number of hydrogen-bond acceptors (Lipinski definition) is 2. The maximum Gasteiger partial charge on any atom is 0.317 e. The zero-order valence-corrected chi connectivity index (χ0v) is 14.1. The number of rotatable bonds is 2. The Bertz CT molecular complexity index is 493. The predicted octanol–water partition coefficient (Wildman–Crippen LogP) is 2.51. The first-order valence-corrected chi connectivity index (χ1v) is 8.01. The van der Waals surface area contributed by atoms with Gasteiger partial charge in [-0.05, 0) is 59.0 Å². The summed E-state index contributed by atoms with van der Waals surface area (Å²) in [6, 6.07) is 6.09. The zero-order chi connectivity index (χ0) is 14.7. The molecule has 1 fully saturated rings. The van der Waals surface area contributed by atoms with Crippen LogP contribution in [0.5, 0.6) is 0 Å². The summed E-state index contributed by atoms with van der Waals surface area (Å²) in [5, 5.41) is 12.8. The van der Waals surface area contributed by atoms with E-state index in [0.717, 1.165) is 18.5 Å². The normalized spacial score (nSPS) is 22.7. The Morgan fingerprint density at radius 2 is 2.30 bits per heavy atom. The maximum absolute atomic E-state index is 12.1. The van der Waals surface area contributed by atoms with Crippen LogP contribution >= 0.6 is 22.6 Å². The second kappa shape index (κ2) is 6.76. The number of β-amino-alcohol motifs (C(OH)–C–C–N with tert-alkyl or cyclic N) is 1. The highest BCUT2D eigenvalue weighted by Gasteiger charge is 2.26. The Kier molecular flexibility index (Phi) is 5.26. The molecule has 0 aromatic heterocycles. The fourth-order valence-corrected chi connectivity index (χ4v) is 2.68. The van der Waals surface area contributed by atoms with Crippen LogP contribution in [0, 0.1) is 16.4 Å². The number of carbonyl (C=O) groups excluding carboxylic acids is 1. The lowest BCUT2D eigenvalue weighted by Gasteiger charge is -2.34. The smallest absolute Gasteiger partial charge is 0.317 e. The first kappa shape index (κ1) is 15.6. The van der Waals surface area contributed by atoms with Gasteiger partial charge >= 0.3 is 6.03 Å². The van der Waals surface area contributed by atoms with Crippen LogP contribution in [0.25, 0.3) is 0 Å². The summed E-state index contributed by atoms with van der Waals surface area (Å²) in [4.78, 5) is 13.8. The molecule has 0 aliphatic carbocycles. The third-order valence-electron chi connectivity index (χ3n) is 3.87. The van der Waals surface area contributed by atoms with Gasteiger partial charge in [-0.1, -0.05) is 19.1 Å². The molecule has 1 heterocycles. The van der Waals surface area contributed by atoms with Crippen LogP contribution in [0.3, 0.4) is 0 Å². The van der Waals surface area contributed by atoms with Crippen molar-refractivity contribution in [2.75, 3.05) is 13.1 Å². The van der Waals surface area contributed by atoms with Gasteiger partial charge in [-0.25, -0.2) is 4.79 Å². The van der Waals surface area contributed by atoms with Gasteiger partial charge in [0.15, 0.2) is 0 Å². The van der Waals surface area contributed by atoms with Gasteiger partial charge in [0.2, 0.25) is 0 Å². The summed E-state index contributed by atoms with van der Waals surface area (Å²) in [7, 11) is 0. The van der Waals surface area contributed by atoms with Gasteiger partial charge in [0.25, 0.3) is 0 Å². The van der Waals surface area contributed by atoms with Crippen LogP contribution in [0.2, 0.25) is 0 Å². The molecule has 1 aromatic rings. The van der Waals surface area contributed by atoms with E-state index in [4.69, 9.17) is 0 Å².